The molecule has 4 aliphatic rings. The first-order chi connectivity index (χ1) is 10.9. The molecular formula is C21H28O2. The van der Waals surface area contributed by atoms with Crippen molar-refractivity contribution >= 4 is 11.6 Å². The minimum atomic E-state index is 0.0964. The lowest BCUT2D eigenvalue weighted by Gasteiger charge is -2.57. The SMILES string of the molecule is CC(=O)C1=CCC2C3CC=C4CC(=O)CC[C@]4(C)C3CC[C@]12C. The van der Waals surface area contributed by atoms with Crippen molar-refractivity contribution in [1.29, 1.82) is 0 Å². The molecular weight excluding hydrogens is 284 g/mol. The van der Waals surface area contributed by atoms with Crippen LogP contribution in [0.3, 0.4) is 0 Å². The fourth-order valence-electron chi connectivity index (χ4n) is 6.59. The predicted molar refractivity (Wildman–Crippen MR) is 90.9 cm³/mol. The van der Waals surface area contributed by atoms with E-state index in [4.69, 9.17) is 0 Å². The summed E-state index contributed by atoms with van der Waals surface area (Å²) >= 11 is 0. The van der Waals surface area contributed by atoms with E-state index in [1.807, 2.05) is 0 Å². The molecule has 3 unspecified atom stereocenters. The Morgan fingerprint density at radius 2 is 1.87 bits per heavy atom. The first kappa shape index (κ1) is 15.4. The highest BCUT2D eigenvalue weighted by molar-refractivity contribution is 5.95. The van der Waals surface area contributed by atoms with Crippen LogP contribution in [-0.2, 0) is 9.59 Å². The first-order valence-electron chi connectivity index (χ1n) is 9.29. The zero-order valence-corrected chi connectivity index (χ0v) is 14.7. The number of carbonyl (C=O) groups excluding carboxylic acids is 2. The molecule has 0 aliphatic heterocycles. The molecule has 124 valence electrons. The highest BCUT2D eigenvalue weighted by atomic mass is 16.1. The van der Waals surface area contributed by atoms with Crippen LogP contribution in [0.25, 0.3) is 0 Å². The molecule has 2 saturated carbocycles. The summed E-state index contributed by atoms with van der Waals surface area (Å²) in [6.07, 6.45) is 11.7. The zero-order valence-electron chi connectivity index (χ0n) is 14.7. The second-order valence-corrected chi connectivity index (χ2v) is 8.84. The molecule has 4 aliphatic carbocycles. The number of ketones is 2. The molecule has 2 nitrogen and oxygen atoms in total. The molecule has 0 aromatic carbocycles. The Morgan fingerprint density at radius 3 is 2.61 bits per heavy atom. The van der Waals surface area contributed by atoms with Crippen LogP contribution < -0.4 is 0 Å². The smallest absolute Gasteiger partial charge is 0.156 e. The van der Waals surface area contributed by atoms with Crippen LogP contribution in [0.1, 0.15) is 65.7 Å². The van der Waals surface area contributed by atoms with Gasteiger partial charge < -0.3 is 0 Å². The maximum absolute atomic E-state index is 12.1. The third-order valence-corrected chi connectivity index (χ3v) is 7.90. The zero-order chi connectivity index (χ0) is 16.4. The number of carbonyl (C=O) groups is 2. The molecule has 5 atom stereocenters. The van der Waals surface area contributed by atoms with Crippen LogP contribution in [0.15, 0.2) is 23.3 Å². The third-order valence-electron chi connectivity index (χ3n) is 7.90. The average Bonchev–Trinajstić information content (AvgIpc) is 2.85. The predicted octanol–water partition coefficient (Wildman–Crippen LogP) is 4.64. The second-order valence-electron chi connectivity index (χ2n) is 8.84. The van der Waals surface area contributed by atoms with E-state index in [0.29, 0.717) is 30.0 Å². The van der Waals surface area contributed by atoms with Crippen molar-refractivity contribution in [2.75, 3.05) is 0 Å². The van der Waals surface area contributed by atoms with Crippen LogP contribution in [0.2, 0.25) is 0 Å². The summed E-state index contributed by atoms with van der Waals surface area (Å²) in [5.74, 6) is 2.70. The molecule has 23 heavy (non-hydrogen) atoms. The van der Waals surface area contributed by atoms with Crippen molar-refractivity contribution in [2.24, 2.45) is 28.6 Å². The van der Waals surface area contributed by atoms with Gasteiger partial charge in [0.15, 0.2) is 5.78 Å². The fourth-order valence-corrected chi connectivity index (χ4v) is 6.59. The van der Waals surface area contributed by atoms with Gasteiger partial charge in [0.25, 0.3) is 0 Å². The lowest BCUT2D eigenvalue weighted by atomic mass is 9.47. The number of rotatable bonds is 1. The highest BCUT2D eigenvalue weighted by Crippen LogP contribution is 2.64. The van der Waals surface area contributed by atoms with Crippen LogP contribution >= 0.6 is 0 Å². The maximum Gasteiger partial charge on any atom is 0.156 e. The Kier molecular flexibility index (Phi) is 3.28. The summed E-state index contributed by atoms with van der Waals surface area (Å²) in [6, 6.07) is 0. The number of fused-ring (bicyclic) bond motifs is 5. The molecule has 0 saturated heterocycles. The monoisotopic (exact) mass is 312 g/mol. The van der Waals surface area contributed by atoms with Crippen molar-refractivity contribution < 1.29 is 9.59 Å². The quantitative estimate of drug-likeness (QED) is 0.661. The summed E-state index contributed by atoms with van der Waals surface area (Å²) in [4.78, 5) is 24.0. The lowest BCUT2D eigenvalue weighted by Crippen LogP contribution is -2.50. The summed E-state index contributed by atoms with van der Waals surface area (Å²) in [7, 11) is 0. The molecule has 0 aromatic heterocycles. The average molecular weight is 312 g/mol. The Balaban J connectivity index is 1.68. The first-order valence-corrected chi connectivity index (χ1v) is 9.29. The van der Waals surface area contributed by atoms with E-state index >= 15 is 0 Å². The van der Waals surface area contributed by atoms with E-state index in [0.717, 1.165) is 37.7 Å². The summed E-state index contributed by atoms with van der Waals surface area (Å²) in [5.41, 5.74) is 2.85. The molecule has 0 spiro atoms. The van der Waals surface area contributed by atoms with Gasteiger partial charge in [-0.05, 0) is 73.2 Å². The van der Waals surface area contributed by atoms with Gasteiger partial charge in [-0.2, -0.15) is 0 Å². The standard InChI is InChI=1S/C21H28O2/c1-13(22)17-6-7-18-16-5-4-14-12-15(23)8-10-20(14,2)19(16)9-11-21(17,18)3/h4,6,16,18-19H,5,7-12H2,1-3H3/t16?,18?,19?,20-,21+/m0/s1. The highest BCUT2D eigenvalue weighted by Gasteiger charge is 2.57. The topological polar surface area (TPSA) is 34.1 Å². The van der Waals surface area contributed by atoms with Crippen molar-refractivity contribution in [3.63, 3.8) is 0 Å². The van der Waals surface area contributed by atoms with Crippen LogP contribution in [0.5, 0.6) is 0 Å². The lowest BCUT2D eigenvalue weighted by molar-refractivity contribution is -0.122. The number of Topliss-reactive ketones (excluding diaryl/α,β-unsaturated/α-hetero) is 2. The Labute approximate surface area is 139 Å². The van der Waals surface area contributed by atoms with Gasteiger partial charge >= 0.3 is 0 Å². The van der Waals surface area contributed by atoms with Gasteiger partial charge in [0.1, 0.15) is 5.78 Å². The maximum atomic E-state index is 12.1. The summed E-state index contributed by atoms with van der Waals surface area (Å²) in [6.45, 7) is 6.48. The summed E-state index contributed by atoms with van der Waals surface area (Å²) in [5, 5.41) is 0. The molecule has 0 N–H and O–H groups in total. The van der Waals surface area contributed by atoms with Gasteiger partial charge in [0.05, 0.1) is 0 Å². The normalized spacial score (nSPS) is 45.5. The van der Waals surface area contributed by atoms with Gasteiger partial charge in [-0.3, -0.25) is 9.59 Å². The van der Waals surface area contributed by atoms with Gasteiger partial charge in [0.2, 0.25) is 0 Å². The van der Waals surface area contributed by atoms with Gasteiger partial charge in [-0.1, -0.05) is 31.6 Å². The minimum Gasteiger partial charge on any atom is -0.299 e. The third kappa shape index (κ3) is 1.99. The molecule has 2 fully saturated rings. The van der Waals surface area contributed by atoms with Crippen molar-refractivity contribution in [3.8, 4) is 0 Å². The number of hydrogen-bond acceptors (Lipinski definition) is 2. The van der Waals surface area contributed by atoms with Crippen LogP contribution in [-0.4, -0.2) is 11.6 Å². The van der Waals surface area contributed by atoms with Gasteiger partial charge in [-0.25, -0.2) is 0 Å². The largest absolute Gasteiger partial charge is 0.299 e. The Morgan fingerprint density at radius 1 is 1.09 bits per heavy atom. The Bertz CT molecular complexity index is 640. The van der Waals surface area contributed by atoms with Crippen molar-refractivity contribution in [3.05, 3.63) is 23.3 Å². The molecule has 4 rings (SSSR count). The van der Waals surface area contributed by atoms with Crippen molar-refractivity contribution in [1.82, 2.24) is 0 Å². The number of allylic oxidation sites excluding steroid dienone is 4. The van der Waals surface area contributed by atoms with E-state index in [-0.39, 0.29) is 16.6 Å². The molecule has 0 aromatic rings. The number of hydrogen-bond donors (Lipinski definition) is 0. The second kappa shape index (κ2) is 4.91. The fraction of sp³-hybridized carbons (Fsp3) is 0.714. The van der Waals surface area contributed by atoms with Crippen LogP contribution in [0, 0.1) is 28.6 Å². The summed E-state index contributed by atoms with van der Waals surface area (Å²) < 4.78 is 0. The molecule has 0 amide bonds. The van der Waals surface area contributed by atoms with Crippen LogP contribution in [0.4, 0.5) is 0 Å². The molecule has 0 radical (unpaired) electrons. The van der Waals surface area contributed by atoms with Crippen molar-refractivity contribution in [2.45, 2.75) is 65.7 Å². The minimum absolute atomic E-state index is 0.0964. The van der Waals surface area contributed by atoms with E-state index < -0.39 is 0 Å². The molecule has 0 heterocycles. The van der Waals surface area contributed by atoms with Gasteiger partial charge in [-0.15, -0.1) is 0 Å². The van der Waals surface area contributed by atoms with E-state index in [1.54, 1.807) is 6.92 Å². The van der Waals surface area contributed by atoms with E-state index in [1.165, 1.54) is 12.0 Å². The van der Waals surface area contributed by atoms with E-state index in [9.17, 15) is 9.59 Å². The molecule has 2 heteroatoms. The Hall–Kier alpha value is -1.18. The molecule has 0 bridgehead atoms. The van der Waals surface area contributed by atoms with E-state index in [2.05, 4.69) is 26.0 Å². The van der Waals surface area contributed by atoms with Gasteiger partial charge in [0, 0.05) is 12.8 Å².